The van der Waals surface area contributed by atoms with Gasteiger partial charge in [-0.15, -0.1) is 10.2 Å². The first-order chi connectivity index (χ1) is 13.2. The average Bonchev–Trinajstić information content (AvgIpc) is 3.36. The summed E-state index contributed by atoms with van der Waals surface area (Å²) in [4.78, 5) is 16.8. The number of amides is 1. The third-order valence-corrected chi connectivity index (χ3v) is 6.86. The highest BCUT2D eigenvalue weighted by atomic mass is 35.5. The Morgan fingerprint density at radius 1 is 1.26 bits per heavy atom. The molecule has 0 unspecified atom stereocenters. The van der Waals surface area contributed by atoms with Gasteiger partial charge in [0, 0.05) is 43.8 Å². The average molecular weight is 424 g/mol. The van der Waals surface area contributed by atoms with Crippen LogP contribution in [0, 0.1) is 0 Å². The van der Waals surface area contributed by atoms with Crippen LogP contribution < -0.4 is 5.32 Å². The van der Waals surface area contributed by atoms with Crippen molar-refractivity contribution in [1.29, 1.82) is 0 Å². The Morgan fingerprint density at radius 2 is 2.07 bits per heavy atom. The first kappa shape index (κ1) is 19.0. The Labute approximate surface area is 172 Å². The summed E-state index contributed by atoms with van der Waals surface area (Å²) in [5.74, 6) is 0.598. The summed E-state index contributed by atoms with van der Waals surface area (Å²) in [6.45, 7) is 4.18. The molecule has 9 heteroatoms. The van der Waals surface area contributed by atoms with Crippen molar-refractivity contribution in [3.05, 3.63) is 34.9 Å². The first-order valence-corrected chi connectivity index (χ1v) is 11.3. The number of nitrogens with one attached hydrogen (secondary N) is 1. The molecule has 1 N–H and O–H groups in total. The maximum Gasteiger partial charge on any atom is 0.233 e. The van der Waals surface area contributed by atoms with Gasteiger partial charge in [0.15, 0.2) is 4.34 Å². The van der Waals surface area contributed by atoms with Crippen molar-refractivity contribution in [3.8, 4) is 0 Å². The number of anilines is 1. The molecule has 1 saturated heterocycles. The van der Waals surface area contributed by atoms with Crippen molar-refractivity contribution in [1.82, 2.24) is 20.0 Å². The van der Waals surface area contributed by atoms with E-state index in [9.17, 15) is 4.79 Å². The molecule has 2 aromatic rings. The maximum absolute atomic E-state index is 12.5. The minimum atomic E-state index is 0.175. The Kier molecular flexibility index (Phi) is 6.17. The van der Waals surface area contributed by atoms with Crippen molar-refractivity contribution in [2.75, 3.05) is 37.2 Å². The molecule has 1 aliphatic heterocycles. The van der Waals surface area contributed by atoms with Crippen LogP contribution in [0.25, 0.3) is 0 Å². The van der Waals surface area contributed by atoms with E-state index in [0.717, 1.165) is 47.2 Å². The Balaban J connectivity index is 1.19. The molecule has 1 aromatic heterocycles. The van der Waals surface area contributed by atoms with Gasteiger partial charge in [-0.3, -0.25) is 9.69 Å². The summed E-state index contributed by atoms with van der Waals surface area (Å²) in [5, 5.41) is 13.3. The number of nitrogens with zero attached hydrogens (tertiary/aromatic N) is 4. The molecule has 1 aromatic carbocycles. The normalized spacial score (nSPS) is 17.9. The second kappa shape index (κ2) is 8.77. The number of benzene rings is 1. The molecule has 2 heterocycles. The number of hydrogen-bond donors (Lipinski definition) is 1. The van der Waals surface area contributed by atoms with E-state index in [1.807, 2.05) is 23.1 Å². The number of halogens is 1. The third kappa shape index (κ3) is 5.57. The number of thioether (sulfide) groups is 1. The highest BCUT2D eigenvalue weighted by molar-refractivity contribution is 8.01. The van der Waals surface area contributed by atoms with E-state index in [2.05, 4.69) is 26.5 Å². The van der Waals surface area contributed by atoms with Gasteiger partial charge in [0.2, 0.25) is 11.0 Å². The third-order valence-electron chi connectivity index (χ3n) is 4.65. The lowest BCUT2D eigenvalue weighted by Crippen LogP contribution is -2.48. The molecule has 0 spiro atoms. The fourth-order valence-electron chi connectivity index (χ4n) is 2.99. The van der Waals surface area contributed by atoms with Gasteiger partial charge >= 0.3 is 0 Å². The molecule has 0 radical (unpaired) electrons. The topological polar surface area (TPSA) is 61.4 Å². The fourth-order valence-corrected chi connectivity index (χ4v) is 4.94. The van der Waals surface area contributed by atoms with Gasteiger partial charge in [0.05, 0.1) is 5.75 Å². The van der Waals surface area contributed by atoms with Gasteiger partial charge in [0.1, 0.15) is 0 Å². The Bertz CT molecular complexity index is 790. The van der Waals surface area contributed by atoms with Crippen LogP contribution in [0.5, 0.6) is 0 Å². The molecule has 4 rings (SSSR count). The van der Waals surface area contributed by atoms with Gasteiger partial charge in [0.25, 0.3) is 0 Å². The van der Waals surface area contributed by atoms with Crippen LogP contribution in [-0.4, -0.2) is 63.9 Å². The summed E-state index contributed by atoms with van der Waals surface area (Å²) >= 11 is 9.07. The number of carbonyl (C=O) groups excluding carboxylic acids is 1. The molecule has 27 heavy (non-hydrogen) atoms. The molecule has 0 atom stereocenters. The largest absolute Gasteiger partial charge is 0.357 e. The minimum Gasteiger partial charge on any atom is -0.357 e. The quantitative estimate of drug-likeness (QED) is 0.690. The van der Waals surface area contributed by atoms with Crippen LogP contribution in [-0.2, 0) is 11.3 Å². The number of piperazine rings is 1. The SMILES string of the molecule is O=C(CSc1nnc(NC2CC2)s1)N1CCN(Cc2cccc(Cl)c2)CC1. The van der Waals surface area contributed by atoms with Gasteiger partial charge in [-0.05, 0) is 30.5 Å². The van der Waals surface area contributed by atoms with Gasteiger partial charge in [-0.25, -0.2) is 0 Å². The predicted molar refractivity (Wildman–Crippen MR) is 111 cm³/mol. The summed E-state index contributed by atoms with van der Waals surface area (Å²) in [5.41, 5.74) is 1.21. The van der Waals surface area contributed by atoms with E-state index < -0.39 is 0 Å². The smallest absolute Gasteiger partial charge is 0.233 e. The lowest BCUT2D eigenvalue weighted by Gasteiger charge is -2.34. The number of hydrogen-bond acceptors (Lipinski definition) is 7. The molecule has 1 aliphatic carbocycles. The Morgan fingerprint density at radius 3 is 2.81 bits per heavy atom. The van der Waals surface area contributed by atoms with Crippen molar-refractivity contribution < 1.29 is 4.79 Å². The maximum atomic E-state index is 12.5. The van der Waals surface area contributed by atoms with Crippen LogP contribution in [0.3, 0.4) is 0 Å². The summed E-state index contributed by atoms with van der Waals surface area (Å²) in [6, 6.07) is 8.54. The van der Waals surface area contributed by atoms with E-state index in [-0.39, 0.29) is 5.91 Å². The van der Waals surface area contributed by atoms with Gasteiger partial charge in [-0.2, -0.15) is 0 Å². The highest BCUT2D eigenvalue weighted by Gasteiger charge is 2.23. The molecule has 6 nitrogen and oxygen atoms in total. The fraction of sp³-hybridized carbons (Fsp3) is 0.500. The zero-order valence-electron chi connectivity index (χ0n) is 14.9. The molecule has 2 aliphatic rings. The number of rotatable bonds is 7. The molecule has 144 valence electrons. The second-order valence-corrected chi connectivity index (χ2v) is 9.50. The van der Waals surface area contributed by atoms with Crippen LogP contribution in [0.1, 0.15) is 18.4 Å². The van der Waals surface area contributed by atoms with E-state index in [1.165, 1.54) is 41.5 Å². The molecule has 1 amide bonds. The summed E-state index contributed by atoms with van der Waals surface area (Å²) in [7, 11) is 0. The van der Waals surface area contributed by atoms with Gasteiger partial charge in [-0.1, -0.05) is 46.8 Å². The minimum absolute atomic E-state index is 0.175. The first-order valence-electron chi connectivity index (χ1n) is 9.13. The lowest BCUT2D eigenvalue weighted by atomic mass is 10.2. The lowest BCUT2D eigenvalue weighted by molar-refractivity contribution is -0.130. The van der Waals surface area contributed by atoms with Crippen molar-refractivity contribution in [2.24, 2.45) is 0 Å². The Hall–Kier alpha value is -1.35. The number of carbonyl (C=O) groups is 1. The van der Waals surface area contributed by atoms with E-state index >= 15 is 0 Å². The zero-order valence-corrected chi connectivity index (χ0v) is 17.3. The molecular formula is C18H22ClN5OS2. The second-order valence-electron chi connectivity index (χ2n) is 6.87. The standard InChI is InChI=1S/C18H22ClN5OS2/c19-14-3-1-2-13(10-14)11-23-6-8-24(9-7-23)16(25)12-26-18-22-21-17(27-18)20-15-4-5-15/h1-3,10,15H,4-9,11-12H2,(H,20,21). The van der Waals surface area contributed by atoms with Crippen LogP contribution >= 0.6 is 34.7 Å². The van der Waals surface area contributed by atoms with E-state index in [1.54, 1.807) is 0 Å². The van der Waals surface area contributed by atoms with Crippen LogP contribution in [0.2, 0.25) is 5.02 Å². The highest BCUT2D eigenvalue weighted by Crippen LogP contribution is 2.30. The van der Waals surface area contributed by atoms with Crippen molar-refractivity contribution >= 4 is 45.7 Å². The van der Waals surface area contributed by atoms with Gasteiger partial charge < -0.3 is 10.2 Å². The molecular weight excluding hydrogens is 402 g/mol. The van der Waals surface area contributed by atoms with Crippen molar-refractivity contribution in [2.45, 2.75) is 29.8 Å². The predicted octanol–water partition coefficient (Wildman–Crippen LogP) is 3.20. The summed E-state index contributed by atoms with van der Waals surface area (Å²) < 4.78 is 0.853. The van der Waals surface area contributed by atoms with E-state index in [0.29, 0.717) is 11.8 Å². The molecule has 0 bridgehead atoms. The monoisotopic (exact) mass is 423 g/mol. The summed E-state index contributed by atoms with van der Waals surface area (Å²) in [6.07, 6.45) is 2.42. The zero-order chi connectivity index (χ0) is 18.6. The van der Waals surface area contributed by atoms with E-state index in [4.69, 9.17) is 11.6 Å². The molecule has 1 saturated carbocycles. The number of aromatic nitrogens is 2. The van der Waals surface area contributed by atoms with Crippen LogP contribution in [0.4, 0.5) is 5.13 Å². The van der Waals surface area contributed by atoms with Crippen molar-refractivity contribution in [3.63, 3.8) is 0 Å². The van der Waals surface area contributed by atoms with Crippen LogP contribution in [0.15, 0.2) is 28.6 Å². The molecule has 2 fully saturated rings.